The van der Waals surface area contributed by atoms with Crippen molar-refractivity contribution in [2.24, 2.45) is 5.73 Å². The Labute approximate surface area is 92.6 Å². The van der Waals surface area contributed by atoms with Crippen LogP contribution in [0, 0.1) is 11.6 Å². The Morgan fingerprint density at radius 1 is 1.31 bits per heavy atom. The zero-order chi connectivity index (χ0) is 12.0. The molecule has 0 fully saturated rings. The van der Waals surface area contributed by atoms with E-state index in [0.717, 1.165) is 12.5 Å². The summed E-state index contributed by atoms with van der Waals surface area (Å²) in [6.07, 6.45) is 1.63. The molecule has 0 saturated heterocycles. The molecule has 1 aromatic rings. The summed E-state index contributed by atoms with van der Waals surface area (Å²) in [6, 6.07) is 3.66. The average Bonchev–Trinajstić information content (AvgIpc) is 2.25. The number of unbranched alkanes of at least 4 members (excludes halogenated alkanes) is 1. The molecule has 0 bridgehead atoms. The normalized spacial score (nSPS) is 10.2. The first-order valence-corrected chi connectivity index (χ1v) is 5.09. The van der Waals surface area contributed by atoms with Crippen LogP contribution in [0.15, 0.2) is 18.2 Å². The topological polar surface area (TPSA) is 55.1 Å². The van der Waals surface area contributed by atoms with E-state index in [1.165, 1.54) is 12.1 Å². The standard InChI is InChI=1S/C11H14F2N2O/c12-8-4-3-5-9(11(8)13)15-10(16)6-1-2-7-14/h3-5H,1-2,6-7,14H2,(H,15,16). The number of amides is 1. The molecule has 0 aliphatic rings. The summed E-state index contributed by atoms with van der Waals surface area (Å²) < 4.78 is 25.9. The van der Waals surface area contributed by atoms with Crippen molar-refractivity contribution in [1.82, 2.24) is 0 Å². The smallest absolute Gasteiger partial charge is 0.224 e. The van der Waals surface area contributed by atoms with Gasteiger partial charge >= 0.3 is 0 Å². The predicted octanol–water partition coefficient (Wildman–Crippen LogP) is 2.03. The van der Waals surface area contributed by atoms with E-state index in [1.807, 2.05) is 0 Å². The van der Waals surface area contributed by atoms with Crippen molar-refractivity contribution in [2.45, 2.75) is 19.3 Å². The molecule has 0 unspecified atom stereocenters. The van der Waals surface area contributed by atoms with Gasteiger partial charge in [0, 0.05) is 6.42 Å². The zero-order valence-electron chi connectivity index (χ0n) is 8.80. The fourth-order valence-electron chi connectivity index (χ4n) is 1.24. The predicted molar refractivity (Wildman–Crippen MR) is 57.9 cm³/mol. The highest BCUT2D eigenvalue weighted by Gasteiger charge is 2.09. The van der Waals surface area contributed by atoms with Crippen LogP contribution in [0.4, 0.5) is 14.5 Å². The van der Waals surface area contributed by atoms with Crippen molar-refractivity contribution in [3.8, 4) is 0 Å². The van der Waals surface area contributed by atoms with Gasteiger partial charge in [-0.1, -0.05) is 6.07 Å². The third-order valence-electron chi connectivity index (χ3n) is 2.08. The second-order valence-electron chi connectivity index (χ2n) is 3.40. The fourth-order valence-corrected chi connectivity index (χ4v) is 1.24. The van der Waals surface area contributed by atoms with E-state index in [-0.39, 0.29) is 18.0 Å². The minimum Gasteiger partial charge on any atom is -0.330 e. The summed E-state index contributed by atoms with van der Waals surface area (Å²) in [5, 5.41) is 2.32. The summed E-state index contributed by atoms with van der Waals surface area (Å²) >= 11 is 0. The van der Waals surface area contributed by atoms with E-state index in [9.17, 15) is 13.6 Å². The number of carbonyl (C=O) groups excluding carboxylic acids is 1. The quantitative estimate of drug-likeness (QED) is 0.757. The lowest BCUT2D eigenvalue weighted by molar-refractivity contribution is -0.116. The zero-order valence-corrected chi connectivity index (χ0v) is 8.80. The molecule has 1 rings (SSSR count). The van der Waals surface area contributed by atoms with Crippen LogP contribution >= 0.6 is 0 Å². The Bertz CT molecular complexity index is 369. The maximum atomic E-state index is 13.1. The van der Waals surface area contributed by atoms with Crippen molar-refractivity contribution in [3.63, 3.8) is 0 Å². The van der Waals surface area contributed by atoms with Crippen molar-refractivity contribution in [3.05, 3.63) is 29.8 Å². The molecule has 3 N–H and O–H groups in total. The van der Waals surface area contributed by atoms with E-state index < -0.39 is 11.6 Å². The van der Waals surface area contributed by atoms with Gasteiger partial charge in [0.2, 0.25) is 5.91 Å². The van der Waals surface area contributed by atoms with Crippen LogP contribution in [-0.4, -0.2) is 12.5 Å². The Kier molecular flexibility index (Phi) is 4.85. The third kappa shape index (κ3) is 3.58. The Morgan fingerprint density at radius 2 is 2.06 bits per heavy atom. The maximum Gasteiger partial charge on any atom is 0.224 e. The Balaban J connectivity index is 2.53. The lowest BCUT2D eigenvalue weighted by Gasteiger charge is -2.06. The molecule has 0 spiro atoms. The number of hydrogen-bond acceptors (Lipinski definition) is 2. The first kappa shape index (κ1) is 12.6. The molecule has 16 heavy (non-hydrogen) atoms. The molecule has 0 saturated carbocycles. The molecule has 1 amide bonds. The number of nitrogens with one attached hydrogen (secondary N) is 1. The van der Waals surface area contributed by atoms with Crippen molar-refractivity contribution >= 4 is 11.6 Å². The maximum absolute atomic E-state index is 13.1. The van der Waals surface area contributed by atoms with E-state index in [2.05, 4.69) is 5.32 Å². The first-order valence-electron chi connectivity index (χ1n) is 5.09. The van der Waals surface area contributed by atoms with Crippen LogP contribution in [0.1, 0.15) is 19.3 Å². The van der Waals surface area contributed by atoms with E-state index >= 15 is 0 Å². The fraction of sp³-hybridized carbons (Fsp3) is 0.364. The lowest BCUT2D eigenvalue weighted by Crippen LogP contribution is -2.13. The number of nitrogens with two attached hydrogens (primary N) is 1. The molecule has 1 aromatic carbocycles. The second kappa shape index (κ2) is 6.17. The Morgan fingerprint density at radius 3 is 2.75 bits per heavy atom. The lowest BCUT2D eigenvalue weighted by atomic mass is 10.2. The van der Waals surface area contributed by atoms with E-state index in [0.29, 0.717) is 13.0 Å². The SMILES string of the molecule is NCCCCC(=O)Nc1cccc(F)c1F. The Hall–Kier alpha value is -1.49. The van der Waals surface area contributed by atoms with Crippen LogP contribution in [0.3, 0.4) is 0 Å². The second-order valence-corrected chi connectivity index (χ2v) is 3.40. The van der Waals surface area contributed by atoms with Gasteiger partial charge in [-0.05, 0) is 31.5 Å². The average molecular weight is 228 g/mol. The molecule has 0 aromatic heterocycles. The van der Waals surface area contributed by atoms with Crippen molar-refractivity contribution < 1.29 is 13.6 Å². The van der Waals surface area contributed by atoms with Gasteiger partial charge in [-0.3, -0.25) is 4.79 Å². The summed E-state index contributed by atoms with van der Waals surface area (Å²) in [7, 11) is 0. The number of benzene rings is 1. The number of carbonyl (C=O) groups is 1. The van der Waals surface area contributed by atoms with E-state index in [1.54, 1.807) is 0 Å². The molecular weight excluding hydrogens is 214 g/mol. The molecule has 0 aliphatic carbocycles. The highest BCUT2D eigenvalue weighted by Crippen LogP contribution is 2.16. The van der Waals surface area contributed by atoms with Crippen LogP contribution in [0.2, 0.25) is 0 Å². The van der Waals surface area contributed by atoms with Gasteiger partial charge in [0.25, 0.3) is 0 Å². The summed E-state index contributed by atoms with van der Waals surface area (Å²) in [5.41, 5.74) is 5.14. The van der Waals surface area contributed by atoms with Crippen LogP contribution < -0.4 is 11.1 Å². The molecule has 3 nitrogen and oxygen atoms in total. The highest BCUT2D eigenvalue weighted by molar-refractivity contribution is 5.90. The highest BCUT2D eigenvalue weighted by atomic mass is 19.2. The number of rotatable bonds is 5. The number of anilines is 1. The largest absolute Gasteiger partial charge is 0.330 e. The molecule has 0 atom stereocenters. The molecule has 88 valence electrons. The molecule has 0 radical (unpaired) electrons. The van der Waals surface area contributed by atoms with Crippen molar-refractivity contribution in [2.75, 3.05) is 11.9 Å². The number of hydrogen-bond donors (Lipinski definition) is 2. The van der Waals surface area contributed by atoms with E-state index in [4.69, 9.17) is 5.73 Å². The molecular formula is C11H14F2N2O. The van der Waals surface area contributed by atoms with Gasteiger partial charge in [0.15, 0.2) is 11.6 Å². The van der Waals surface area contributed by atoms with Gasteiger partial charge in [-0.2, -0.15) is 0 Å². The van der Waals surface area contributed by atoms with Crippen LogP contribution in [0.25, 0.3) is 0 Å². The molecule has 0 heterocycles. The summed E-state index contributed by atoms with van der Waals surface area (Å²) in [4.78, 5) is 11.3. The van der Waals surface area contributed by atoms with Gasteiger partial charge in [-0.25, -0.2) is 8.78 Å². The monoisotopic (exact) mass is 228 g/mol. The first-order chi connectivity index (χ1) is 7.65. The van der Waals surface area contributed by atoms with Gasteiger partial charge < -0.3 is 11.1 Å². The molecule has 5 heteroatoms. The minimum absolute atomic E-state index is 0.127. The number of halogens is 2. The summed E-state index contributed by atoms with van der Waals surface area (Å²) in [6.45, 7) is 0.515. The van der Waals surface area contributed by atoms with Crippen LogP contribution in [0.5, 0.6) is 0 Å². The van der Waals surface area contributed by atoms with Gasteiger partial charge in [-0.15, -0.1) is 0 Å². The minimum atomic E-state index is -1.03. The van der Waals surface area contributed by atoms with Gasteiger partial charge in [0.1, 0.15) is 0 Å². The van der Waals surface area contributed by atoms with Crippen molar-refractivity contribution in [1.29, 1.82) is 0 Å². The third-order valence-corrected chi connectivity index (χ3v) is 2.08. The summed E-state index contributed by atoms with van der Waals surface area (Å²) in [5.74, 6) is -2.34. The van der Waals surface area contributed by atoms with Crippen LogP contribution in [-0.2, 0) is 4.79 Å². The van der Waals surface area contributed by atoms with Gasteiger partial charge in [0.05, 0.1) is 5.69 Å². The molecule has 0 aliphatic heterocycles.